The van der Waals surface area contributed by atoms with Gasteiger partial charge in [0.1, 0.15) is 17.4 Å². The van der Waals surface area contributed by atoms with Gasteiger partial charge in [0.15, 0.2) is 0 Å². The molecular formula is C18H21NO7S. The lowest BCUT2D eigenvalue weighted by Gasteiger charge is -2.14. The van der Waals surface area contributed by atoms with Gasteiger partial charge in [-0.05, 0) is 37.5 Å². The molecule has 0 saturated carbocycles. The number of aromatic hydroxyl groups is 1. The van der Waals surface area contributed by atoms with Gasteiger partial charge in [-0.25, -0.2) is 9.59 Å². The van der Waals surface area contributed by atoms with E-state index in [0.717, 1.165) is 0 Å². The van der Waals surface area contributed by atoms with E-state index in [1.165, 1.54) is 18.4 Å². The number of carboxylic acid groups (broad SMARTS) is 1. The Balaban J connectivity index is 2.10. The Hall–Kier alpha value is -2.68. The van der Waals surface area contributed by atoms with Crippen molar-refractivity contribution in [3.8, 4) is 5.75 Å². The highest BCUT2D eigenvalue weighted by Gasteiger charge is 2.21. The van der Waals surface area contributed by atoms with Crippen LogP contribution in [0.25, 0.3) is 11.0 Å². The number of phenols is 1. The Bertz CT molecular complexity index is 951. The van der Waals surface area contributed by atoms with E-state index in [-0.39, 0.29) is 36.3 Å². The highest BCUT2D eigenvalue weighted by molar-refractivity contribution is 7.84. The molecule has 0 fully saturated rings. The topological polar surface area (TPSA) is 134 Å². The second kappa shape index (κ2) is 8.81. The zero-order valence-corrected chi connectivity index (χ0v) is 15.8. The molecule has 2 atom stereocenters. The smallest absolute Gasteiger partial charge is 0.339 e. The maximum Gasteiger partial charge on any atom is 0.339 e. The molecule has 1 aromatic heterocycles. The summed E-state index contributed by atoms with van der Waals surface area (Å²) in [5, 5.41) is 21.7. The molecule has 0 aliphatic carbocycles. The number of aryl methyl sites for hydroxylation is 1. The van der Waals surface area contributed by atoms with Gasteiger partial charge in [0.2, 0.25) is 5.91 Å². The normalized spacial score (nSPS) is 13.3. The number of carboxylic acids is 1. The Morgan fingerprint density at radius 1 is 1.33 bits per heavy atom. The summed E-state index contributed by atoms with van der Waals surface area (Å²) in [5.41, 5.74) is 0.619. The Kier molecular flexibility index (Phi) is 6.73. The fraction of sp³-hybridized carbons (Fsp3) is 0.389. The van der Waals surface area contributed by atoms with Gasteiger partial charge in [-0.15, -0.1) is 0 Å². The lowest BCUT2D eigenvalue weighted by molar-refractivity contribution is -0.141. The third kappa shape index (κ3) is 5.40. The Morgan fingerprint density at radius 2 is 2.04 bits per heavy atom. The summed E-state index contributed by atoms with van der Waals surface area (Å²) in [6, 6.07) is 3.31. The molecule has 1 heterocycles. The van der Waals surface area contributed by atoms with E-state index in [2.05, 4.69) is 5.32 Å². The lowest BCUT2D eigenvalue weighted by Crippen LogP contribution is -2.41. The number of fused-ring (bicyclic) bond motifs is 1. The molecule has 1 amide bonds. The number of hydrogen-bond acceptors (Lipinski definition) is 6. The second-order valence-electron chi connectivity index (χ2n) is 6.20. The van der Waals surface area contributed by atoms with E-state index in [4.69, 9.17) is 9.52 Å². The monoisotopic (exact) mass is 395 g/mol. The highest BCUT2D eigenvalue weighted by Crippen LogP contribution is 2.23. The maximum absolute atomic E-state index is 12.2. The van der Waals surface area contributed by atoms with Crippen molar-refractivity contribution in [1.82, 2.24) is 5.32 Å². The van der Waals surface area contributed by atoms with E-state index in [1.54, 1.807) is 13.0 Å². The lowest BCUT2D eigenvalue weighted by atomic mass is 10.0. The van der Waals surface area contributed by atoms with Crippen LogP contribution in [-0.2, 0) is 26.8 Å². The van der Waals surface area contributed by atoms with Crippen molar-refractivity contribution in [3.05, 3.63) is 39.7 Å². The predicted octanol–water partition coefficient (Wildman–Crippen LogP) is 1.08. The number of aliphatic carboxylic acids is 1. The van der Waals surface area contributed by atoms with Gasteiger partial charge in [-0.1, -0.05) is 0 Å². The minimum atomic E-state index is -1.20. The summed E-state index contributed by atoms with van der Waals surface area (Å²) in [5.74, 6) is -1.58. The minimum Gasteiger partial charge on any atom is -0.508 e. The first-order valence-electron chi connectivity index (χ1n) is 8.26. The van der Waals surface area contributed by atoms with Gasteiger partial charge in [-0.2, -0.15) is 0 Å². The zero-order valence-electron chi connectivity index (χ0n) is 15.0. The van der Waals surface area contributed by atoms with Crippen LogP contribution < -0.4 is 10.9 Å². The maximum atomic E-state index is 12.2. The van der Waals surface area contributed by atoms with Crippen LogP contribution in [0.4, 0.5) is 0 Å². The standard InChI is InChI=1S/C18H21NO7S/c1-10-12-4-3-11(20)9-15(12)26-18(24)13(10)5-6-16(21)19-14(17(22)23)7-8-27(2)25/h3-4,9,14,20H,5-8H2,1-2H3,(H,19,21)(H,22,23)/t14-,27+/m1/s1. The third-order valence-corrected chi connectivity index (χ3v) is 5.01. The van der Waals surface area contributed by atoms with E-state index in [1.807, 2.05) is 0 Å². The molecule has 0 radical (unpaired) electrons. The third-order valence-electron chi connectivity index (χ3n) is 4.20. The van der Waals surface area contributed by atoms with Crippen LogP contribution in [0.3, 0.4) is 0 Å². The molecule has 0 spiro atoms. The van der Waals surface area contributed by atoms with Gasteiger partial charge in [0.25, 0.3) is 0 Å². The average molecular weight is 395 g/mol. The first-order valence-corrected chi connectivity index (χ1v) is 9.99. The molecule has 27 heavy (non-hydrogen) atoms. The van der Waals surface area contributed by atoms with Crippen LogP contribution in [-0.4, -0.2) is 44.3 Å². The predicted molar refractivity (Wildman–Crippen MR) is 100 cm³/mol. The molecule has 0 unspecified atom stereocenters. The molecule has 3 N–H and O–H groups in total. The van der Waals surface area contributed by atoms with E-state index in [0.29, 0.717) is 16.5 Å². The number of amides is 1. The number of carbonyl (C=O) groups is 2. The van der Waals surface area contributed by atoms with Gasteiger partial charge < -0.3 is 19.9 Å². The molecule has 0 aliphatic heterocycles. The van der Waals surface area contributed by atoms with Crippen molar-refractivity contribution in [2.24, 2.45) is 0 Å². The molecule has 9 heteroatoms. The quantitative estimate of drug-likeness (QED) is 0.569. The van der Waals surface area contributed by atoms with Crippen molar-refractivity contribution in [2.75, 3.05) is 12.0 Å². The summed E-state index contributed by atoms with van der Waals surface area (Å²) in [4.78, 5) is 35.5. The van der Waals surface area contributed by atoms with Crippen LogP contribution in [0.2, 0.25) is 0 Å². The van der Waals surface area contributed by atoms with Gasteiger partial charge in [0.05, 0.1) is 0 Å². The second-order valence-corrected chi connectivity index (χ2v) is 7.75. The van der Waals surface area contributed by atoms with Crippen LogP contribution in [0.15, 0.2) is 27.4 Å². The molecule has 0 bridgehead atoms. The molecule has 146 valence electrons. The van der Waals surface area contributed by atoms with Crippen LogP contribution in [0, 0.1) is 6.92 Å². The molecule has 2 aromatic rings. The molecule has 2 rings (SSSR count). The summed E-state index contributed by atoms with van der Waals surface area (Å²) in [6.07, 6.45) is 1.52. The Morgan fingerprint density at radius 3 is 2.67 bits per heavy atom. The van der Waals surface area contributed by atoms with E-state index < -0.39 is 34.3 Å². The van der Waals surface area contributed by atoms with Crippen molar-refractivity contribution in [3.63, 3.8) is 0 Å². The number of phenolic OH excluding ortho intramolecular Hbond substituents is 1. The first kappa shape index (κ1) is 20.6. The Labute approximate surface area is 157 Å². The number of nitrogens with one attached hydrogen (secondary N) is 1. The van der Waals surface area contributed by atoms with Crippen molar-refractivity contribution in [1.29, 1.82) is 0 Å². The summed E-state index contributed by atoms with van der Waals surface area (Å²) in [7, 11) is -1.16. The van der Waals surface area contributed by atoms with Gasteiger partial charge in [0, 0.05) is 46.2 Å². The zero-order chi connectivity index (χ0) is 20.1. The average Bonchev–Trinajstić information content (AvgIpc) is 2.57. The number of hydrogen-bond donors (Lipinski definition) is 3. The number of rotatable bonds is 8. The summed E-state index contributed by atoms with van der Waals surface area (Å²) < 4.78 is 16.3. The van der Waals surface area contributed by atoms with E-state index >= 15 is 0 Å². The molecule has 0 aliphatic rings. The molecule has 0 saturated heterocycles. The van der Waals surface area contributed by atoms with Crippen molar-refractivity contribution < 1.29 is 28.4 Å². The number of benzene rings is 1. The molecule has 1 aromatic carbocycles. The van der Waals surface area contributed by atoms with Crippen LogP contribution in [0.1, 0.15) is 24.0 Å². The van der Waals surface area contributed by atoms with Gasteiger partial charge >= 0.3 is 11.6 Å². The van der Waals surface area contributed by atoms with Crippen LogP contribution in [0.5, 0.6) is 5.75 Å². The fourth-order valence-electron chi connectivity index (χ4n) is 2.72. The minimum absolute atomic E-state index is 0.0232. The SMILES string of the molecule is Cc1c(CCC(=O)N[C@H](CC[S@](C)=O)C(=O)O)c(=O)oc2cc(O)ccc12. The summed E-state index contributed by atoms with van der Waals surface area (Å²) >= 11 is 0. The summed E-state index contributed by atoms with van der Waals surface area (Å²) in [6.45, 7) is 1.72. The van der Waals surface area contributed by atoms with E-state index in [9.17, 15) is 23.7 Å². The largest absolute Gasteiger partial charge is 0.508 e. The van der Waals surface area contributed by atoms with Crippen LogP contribution >= 0.6 is 0 Å². The molecular weight excluding hydrogens is 374 g/mol. The van der Waals surface area contributed by atoms with Gasteiger partial charge in [-0.3, -0.25) is 9.00 Å². The first-order chi connectivity index (χ1) is 12.7. The highest BCUT2D eigenvalue weighted by atomic mass is 32.2. The fourth-order valence-corrected chi connectivity index (χ4v) is 3.29. The van der Waals surface area contributed by atoms with Crippen molar-refractivity contribution in [2.45, 2.75) is 32.2 Å². The molecule has 8 nitrogen and oxygen atoms in total. The van der Waals surface area contributed by atoms with Crippen molar-refractivity contribution >= 4 is 33.6 Å². The number of carbonyl (C=O) groups excluding carboxylic acids is 1.